The van der Waals surface area contributed by atoms with E-state index in [0.29, 0.717) is 12.0 Å². The number of alkyl carbamates (subject to hydrolysis) is 1. The van der Waals surface area contributed by atoms with Crippen molar-refractivity contribution >= 4 is 36.6 Å². The molecule has 0 radical (unpaired) electrons. The molecule has 0 spiro atoms. The van der Waals surface area contributed by atoms with Crippen molar-refractivity contribution in [2.24, 2.45) is 0 Å². The number of benzene rings is 1. The molecule has 1 fully saturated rings. The summed E-state index contributed by atoms with van der Waals surface area (Å²) in [5.74, 6) is -0.528. The first-order valence-electron chi connectivity index (χ1n) is 13.0. The van der Waals surface area contributed by atoms with E-state index in [2.05, 4.69) is 29.8 Å². The third-order valence-electron chi connectivity index (χ3n) is 6.43. The Morgan fingerprint density at radius 3 is 2.44 bits per heavy atom. The topological polar surface area (TPSA) is 87.7 Å². The number of carbonyl (C=O) groups excluding carboxylic acids is 3. The van der Waals surface area contributed by atoms with Crippen LogP contribution < -0.4 is 10.6 Å². The molecule has 7 nitrogen and oxygen atoms in total. The Balaban J connectivity index is 2.46. The molecule has 0 heterocycles. The highest BCUT2D eigenvalue weighted by Gasteiger charge is 2.38. The molecule has 0 aromatic heterocycles. The summed E-state index contributed by atoms with van der Waals surface area (Å²) in [4.78, 5) is 41.9. The van der Waals surface area contributed by atoms with E-state index in [0.717, 1.165) is 31.2 Å². The van der Waals surface area contributed by atoms with E-state index in [4.69, 9.17) is 4.74 Å². The van der Waals surface area contributed by atoms with Gasteiger partial charge in [0, 0.05) is 17.8 Å². The summed E-state index contributed by atoms with van der Waals surface area (Å²) in [5.41, 5.74) is 0.847. The summed E-state index contributed by atoms with van der Waals surface area (Å²) in [7, 11) is 0. The molecule has 1 aliphatic carbocycles. The Morgan fingerprint density at radius 1 is 1.22 bits per heavy atom. The van der Waals surface area contributed by atoms with E-state index in [1.54, 1.807) is 31.7 Å². The minimum Gasteiger partial charge on any atom is -0.444 e. The fraction of sp³-hybridized carbons (Fsp3) is 0.607. The van der Waals surface area contributed by atoms with Gasteiger partial charge in [-0.15, -0.1) is 0 Å². The van der Waals surface area contributed by atoms with Crippen LogP contribution in [0.2, 0.25) is 0 Å². The van der Waals surface area contributed by atoms with Crippen LogP contribution in [0.3, 0.4) is 0 Å². The normalized spacial score (nSPS) is 16.8. The predicted molar refractivity (Wildman–Crippen MR) is 148 cm³/mol. The fourth-order valence-corrected chi connectivity index (χ4v) is 4.68. The molecule has 1 saturated carbocycles. The number of ether oxygens (including phenoxy) is 1. The summed E-state index contributed by atoms with van der Waals surface area (Å²) < 4.78 is 5.37. The van der Waals surface area contributed by atoms with E-state index in [1.807, 2.05) is 38.1 Å². The van der Waals surface area contributed by atoms with Crippen molar-refractivity contribution in [2.45, 2.75) is 103 Å². The number of hydrogen-bond acceptors (Lipinski definition) is 5. The summed E-state index contributed by atoms with van der Waals surface area (Å²) in [6.07, 6.45) is 6.85. The molecule has 3 amide bonds. The number of rotatable bonds is 10. The van der Waals surface area contributed by atoms with Crippen molar-refractivity contribution in [3.05, 3.63) is 42.0 Å². The number of thiol groups is 1. The van der Waals surface area contributed by atoms with Crippen molar-refractivity contribution < 1.29 is 19.1 Å². The summed E-state index contributed by atoms with van der Waals surface area (Å²) in [5, 5.41) is 5.86. The Bertz CT molecular complexity index is 908. The zero-order chi connectivity index (χ0) is 26.9. The first-order chi connectivity index (χ1) is 17.0. The summed E-state index contributed by atoms with van der Waals surface area (Å²) in [6, 6.07) is 5.52. The smallest absolute Gasteiger partial charge is 0.408 e. The third-order valence-corrected chi connectivity index (χ3v) is 6.80. The van der Waals surface area contributed by atoms with Crippen molar-refractivity contribution in [1.82, 2.24) is 15.5 Å². The minimum atomic E-state index is -0.954. The second-order valence-corrected chi connectivity index (χ2v) is 10.9. The molecule has 1 aromatic carbocycles. The first kappa shape index (κ1) is 29.7. The van der Waals surface area contributed by atoms with Crippen molar-refractivity contribution in [2.75, 3.05) is 5.75 Å². The molecule has 36 heavy (non-hydrogen) atoms. The highest BCUT2D eigenvalue weighted by molar-refractivity contribution is 7.80. The average Bonchev–Trinajstić information content (AvgIpc) is 2.84. The standard InChI is InChI=1S/C28H43N3O4S/c1-7-19(3)31(26(33)23(18-36)30-27(34)35-28(4,5)6)24(21-14-12-13-20(8-2)17-21)25(32)29-22-15-10-9-11-16-22/h8,12-14,17,19,22-24,36H,2,7,9-11,15-16,18H2,1,3-6H3,(H,29,32)(H,30,34). The molecule has 0 bridgehead atoms. The lowest BCUT2D eigenvalue weighted by Crippen LogP contribution is -2.56. The second kappa shape index (κ2) is 13.7. The monoisotopic (exact) mass is 517 g/mol. The van der Waals surface area contributed by atoms with Gasteiger partial charge >= 0.3 is 6.09 Å². The Morgan fingerprint density at radius 2 is 1.89 bits per heavy atom. The minimum absolute atomic E-state index is 0.0642. The van der Waals surface area contributed by atoms with Gasteiger partial charge < -0.3 is 20.3 Å². The molecule has 3 atom stereocenters. The van der Waals surface area contributed by atoms with E-state index in [9.17, 15) is 14.4 Å². The van der Waals surface area contributed by atoms with Gasteiger partial charge in [-0.3, -0.25) is 9.59 Å². The van der Waals surface area contributed by atoms with Crippen LogP contribution in [0.15, 0.2) is 30.8 Å². The fourth-order valence-electron chi connectivity index (χ4n) is 4.43. The Kier molecular flexibility index (Phi) is 11.3. The lowest BCUT2D eigenvalue weighted by atomic mass is 9.94. The van der Waals surface area contributed by atoms with Crippen LogP contribution in [-0.2, 0) is 14.3 Å². The molecule has 2 N–H and O–H groups in total. The van der Waals surface area contributed by atoms with Gasteiger partial charge in [0.25, 0.3) is 0 Å². The van der Waals surface area contributed by atoms with Crippen LogP contribution in [0, 0.1) is 0 Å². The number of carbonyl (C=O) groups is 3. The lowest BCUT2D eigenvalue weighted by molar-refractivity contribution is -0.145. The number of nitrogens with one attached hydrogen (secondary N) is 2. The molecular formula is C28H43N3O4S. The van der Waals surface area contributed by atoms with E-state index >= 15 is 0 Å². The van der Waals surface area contributed by atoms with Gasteiger partial charge in [0.05, 0.1) is 0 Å². The Hall–Kier alpha value is -2.48. The Labute approximate surface area is 221 Å². The maximum atomic E-state index is 13.9. The largest absolute Gasteiger partial charge is 0.444 e. The van der Waals surface area contributed by atoms with Crippen molar-refractivity contribution in [3.63, 3.8) is 0 Å². The molecule has 0 saturated heterocycles. The van der Waals surface area contributed by atoms with Crippen LogP contribution in [0.1, 0.15) is 90.3 Å². The number of amides is 3. The number of nitrogens with zero attached hydrogens (tertiary/aromatic N) is 1. The zero-order valence-electron chi connectivity index (χ0n) is 22.4. The van der Waals surface area contributed by atoms with Gasteiger partial charge in [0.2, 0.25) is 11.8 Å². The van der Waals surface area contributed by atoms with Crippen LogP contribution in [0.4, 0.5) is 4.79 Å². The maximum Gasteiger partial charge on any atom is 0.408 e. The van der Waals surface area contributed by atoms with E-state index < -0.39 is 23.8 Å². The quantitative estimate of drug-likeness (QED) is 0.369. The van der Waals surface area contributed by atoms with Gasteiger partial charge in [-0.25, -0.2) is 4.79 Å². The van der Waals surface area contributed by atoms with Crippen LogP contribution >= 0.6 is 12.6 Å². The number of hydrogen-bond donors (Lipinski definition) is 3. The van der Waals surface area contributed by atoms with Crippen LogP contribution in [-0.4, -0.2) is 52.3 Å². The van der Waals surface area contributed by atoms with Gasteiger partial charge in [-0.05, 0) is 64.2 Å². The highest BCUT2D eigenvalue weighted by atomic mass is 32.1. The SMILES string of the molecule is C=Cc1cccc(C(C(=O)NC2CCCCC2)N(C(=O)C(CS)NC(=O)OC(C)(C)C)C(C)CC)c1. The maximum absolute atomic E-state index is 13.9. The summed E-state index contributed by atoms with van der Waals surface area (Å²) >= 11 is 4.35. The van der Waals surface area contributed by atoms with Crippen LogP contribution in [0.25, 0.3) is 6.08 Å². The predicted octanol–water partition coefficient (Wildman–Crippen LogP) is 5.27. The van der Waals surface area contributed by atoms with E-state index in [1.165, 1.54) is 6.42 Å². The molecular weight excluding hydrogens is 474 g/mol. The first-order valence-corrected chi connectivity index (χ1v) is 13.6. The molecule has 2 rings (SSSR count). The molecule has 1 aliphatic rings. The van der Waals surface area contributed by atoms with Crippen molar-refractivity contribution in [1.29, 1.82) is 0 Å². The van der Waals surface area contributed by atoms with E-state index in [-0.39, 0.29) is 29.7 Å². The van der Waals surface area contributed by atoms with Crippen molar-refractivity contribution in [3.8, 4) is 0 Å². The van der Waals surface area contributed by atoms with Crippen LogP contribution in [0.5, 0.6) is 0 Å². The third kappa shape index (κ3) is 8.57. The van der Waals surface area contributed by atoms with Gasteiger partial charge in [0.1, 0.15) is 17.7 Å². The second-order valence-electron chi connectivity index (χ2n) is 10.5. The van der Waals surface area contributed by atoms with Gasteiger partial charge in [0.15, 0.2) is 0 Å². The lowest BCUT2D eigenvalue weighted by Gasteiger charge is -2.39. The zero-order valence-corrected chi connectivity index (χ0v) is 23.3. The average molecular weight is 518 g/mol. The molecule has 3 unspecified atom stereocenters. The summed E-state index contributed by atoms with van der Waals surface area (Å²) in [6.45, 7) is 13.0. The molecule has 8 heteroatoms. The molecule has 0 aliphatic heterocycles. The molecule has 1 aromatic rings. The molecule has 200 valence electrons. The van der Waals surface area contributed by atoms with Gasteiger partial charge in [-0.2, -0.15) is 12.6 Å². The highest BCUT2D eigenvalue weighted by Crippen LogP contribution is 2.28. The van der Waals surface area contributed by atoms with Gasteiger partial charge in [-0.1, -0.05) is 57.0 Å².